The SMILES string of the molecule is CCCCN(C)S(=O)(=O)NC(C)c1nc2ccccc2[nH]1. The molecule has 0 aliphatic heterocycles. The molecule has 1 atom stereocenters. The summed E-state index contributed by atoms with van der Waals surface area (Å²) in [4.78, 5) is 7.56. The minimum absolute atomic E-state index is 0.411. The first-order valence-electron chi connectivity index (χ1n) is 7.12. The van der Waals surface area contributed by atoms with Gasteiger partial charge in [0.05, 0.1) is 17.1 Å². The normalized spacial score (nSPS) is 13.9. The van der Waals surface area contributed by atoms with Crippen LogP contribution in [0, 0.1) is 0 Å². The lowest BCUT2D eigenvalue weighted by Gasteiger charge is -2.19. The Morgan fingerprint density at radius 2 is 2.10 bits per heavy atom. The zero-order valence-electron chi connectivity index (χ0n) is 12.6. The lowest BCUT2D eigenvalue weighted by molar-refractivity contribution is 0.441. The fraction of sp³-hybridized carbons (Fsp3) is 0.500. The van der Waals surface area contributed by atoms with Crippen LogP contribution in [0.25, 0.3) is 11.0 Å². The van der Waals surface area contributed by atoms with Gasteiger partial charge in [0.1, 0.15) is 5.82 Å². The molecule has 0 amide bonds. The van der Waals surface area contributed by atoms with Crippen LogP contribution in [0.3, 0.4) is 0 Å². The summed E-state index contributed by atoms with van der Waals surface area (Å²) in [6.45, 7) is 4.33. The topological polar surface area (TPSA) is 78.1 Å². The van der Waals surface area contributed by atoms with Crippen molar-refractivity contribution in [2.75, 3.05) is 13.6 Å². The molecular formula is C14H22N4O2S. The molecule has 0 saturated heterocycles. The van der Waals surface area contributed by atoms with Crippen LogP contribution in [0.1, 0.15) is 38.6 Å². The standard InChI is InChI=1S/C14H22N4O2S/c1-4-5-10-18(3)21(19,20)17-11(2)14-15-12-8-6-7-9-13(12)16-14/h6-9,11,17H,4-5,10H2,1-3H3,(H,15,16). The second-order valence-electron chi connectivity index (χ2n) is 5.16. The number of H-pyrrole nitrogens is 1. The van der Waals surface area contributed by atoms with Crippen molar-refractivity contribution >= 4 is 21.2 Å². The Bertz CT molecular complexity index is 663. The zero-order chi connectivity index (χ0) is 15.5. The van der Waals surface area contributed by atoms with Gasteiger partial charge >= 0.3 is 0 Å². The third kappa shape index (κ3) is 3.81. The van der Waals surface area contributed by atoms with E-state index in [-0.39, 0.29) is 0 Å². The number of fused-ring (bicyclic) bond motifs is 1. The number of aromatic amines is 1. The molecule has 2 aromatic rings. The number of nitrogens with zero attached hydrogens (tertiary/aromatic N) is 2. The van der Waals surface area contributed by atoms with Crippen molar-refractivity contribution in [3.8, 4) is 0 Å². The fourth-order valence-electron chi connectivity index (χ4n) is 2.05. The Morgan fingerprint density at radius 3 is 2.76 bits per heavy atom. The predicted octanol–water partition coefficient (Wildman–Crippen LogP) is 2.19. The molecule has 6 nitrogen and oxygen atoms in total. The molecule has 0 fully saturated rings. The Morgan fingerprint density at radius 1 is 1.38 bits per heavy atom. The minimum atomic E-state index is -3.49. The van der Waals surface area contributed by atoms with Crippen molar-refractivity contribution in [2.45, 2.75) is 32.7 Å². The van der Waals surface area contributed by atoms with Crippen molar-refractivity contribution in [2.24, 2.45) is 0 Å². The van der Waals surface area contributed by atoms with E-state index in [2.05, 4.69) is 14.7 Å². The highest BCUT2D eigenvalue weighted by atomic mass is 32.2. The molecule has 21 heavy (non-hydrogen) atoms. The van der Waals surface area contributed by atoms with E-state index >= 15 is 0 Å². The zero-order valence-corrected chi connectivity index (χ0v) is 13.4. The summed E-state index contributed by atoms with van der Waals surface area (Å²) in [5.74, 6) is 0.615. The van der Waals surface area contributed by atoms with Crippen molar-refractivity contribution in [1.82, 2.24) is 19.0 Å². The summed E-state index contributed by atoms with van der Waals surface area (Å²) in [5, 5.41) is 0. The number of hydrogen-bond acceptors (Lipinski definition) is 3. The molecule has 0 radical (unpaired) electrons. The van der Waals surface area contributed by atoms with Crippen LogP contribution in [0.15, 0.2) is 24.3 Å². The molecule has 1 unspecified atom stereocenters. The predicted molar refractivity (Wildman–Crippen MR) is 84.1 cm³/mol. The molecule has 0 spiro atoms. The third-order valence-electron chi connectivity index (χ3n) is 3.38. The molecule has 2 N–H and O–H groups in total. The maximum atomic E-state index is 12.2. The van der Waals surface area contributed by atoms with Crippen LogP contribution in [0.5, 0.6) is 0 Å². The van der Waals surface area contributed by atoms with Gasteiger partial charge in [0, 0.05) is 13.6 Å². The molecule has 1 heterocycles. The molecule has 0 aliphatic rings. The van der Waals surface area contributed by atoms with E-state index in [4.69, 9.17) is 0 Å². The van der Waals surface area contributed by atoms with E-state index in [1.54, 1.807) is 14.0 Å². The van der Waals surface area contributed by atoms with Gasteiger partial charge in [0.25, 0.3) is 10.2 Å². The first kappa shape index (κ1) is 15.9. The molecule has 2 rings (SSSR count). The number of benzene rings is 1. The fourth-order valence-corrected chi connectivity index (χ4v) is 3.16. The maximum Gasteiger partial charge on any atom is 0.279 e. The second-order valence-corrected chi connectivity index (χ2v) is 6.97. The smallest absolute Gasteiger partial charge is 0.279 e. The highest BCUT2D eigenvalue weighted by Crippen LogP contribution is 2.16. The quantitative estimate of drug-likeness (QED) is 0.823. The number of unbranched alkanes of at least 4 members (excludes halogenated alkanes) is 1. The van der Waals surface area contributed by atoms with Gasteiger partial charge in [-0.05, 0) is 25.5 Å². The number of para-hydroxylation sites is 2. The molecule has 116 valence electrons. The van der Waals surface area contributed by atoms with E-state index in [1.807, 2.05) is 31.2 Å². The van der Waals surface area contributed by atoms with E-state index < -0.39 is 16.3 Å². The third-order valence-corrected chi connectivity index (χ3v) is 5.04. The van der Waals surface area contributed by atoms with E-state index in [0.717, 1.165) is 23.9 Å². The van der Waals surface area contributed by atoms with E-state index in [0.29, 0.717) is 12.4 Å². The molecule has 0 saturated carbocycles. The summed E-state index contributed by atoms with van der Waals surface area (Å²) in [6.07, 6.45) is 1.80. The maximum absolute atomic E-state index is 12.2. The van der Waals surface area contributed by atoms with Gasteiger partial charge in [-0.2, -0.15) is 17.4 Å². The monoisotopic (exact) mass is 310 g/mol. The van der Waals surface area contributed by atoms with Gasteiger partial charge in [0.2, 0.25) is 0 Å². The summed E-state index contributed by atoms with van der Waals surface area (Å²) in [6, 6.07) is 7.22. The summed E-state index contributed by atoms with van der Waals surface area (Å²) in [7, 11) is -1.91. The van der Waals surface area contributed by atoms with Gasteiger partial charge < -0.3 is 4.98 Å². The van der Waals surface area contributed by atoms with Crippen LogP contribution in [-0.4, -0.2) is 36.3 Å². The second kappa shape index (κ2) is 6.55. The highest BCUT2D eigenvalue weighted by Gasteiger charge is 2.22. The van der Waals surface area contributed by atoms with E-state index in [9.17, 15) is 8.42 Å². The summed E-state index contributed by atoms with van der Waals surface area (Å²) in [5.41, 5.74) is 1.73. The van der Waals surface area contributed by atoms with Gasteiger partial charge in [-0.25, -0.2) is 4.98 Å². The minimum Gasteiger partial charge on any atom is -0.341 e. The summed E-state index contributed by atoms with van der Waals surface area (Å²) >= 11 is 0. The van der Waals surface area contributed by atoms with Crippen molar-refractivity contribution in [3.63, 3.8) is 0 Å². The first-order chi connectivity index (χ1) is 9.94. The van der Waals surface area contributed by atoms with Gasteiger partial charge in [-0.1, -0.05) is 25.5 Å². The number of rotatable bonds is 7. The Labute approximate surface area is 125 Å². The van der Waals surface area contributed by atoms with Crippen LogP contribution in [0.4, 0.5) is 0 Å². The first-order valence-corrected chi connectivity index (χ1v) is 8.56. The number of imidazole rings is 1. The van der Waals surface area contributed by atoms with Crippen LogP contribution in [0.2, 0.25) is 0 Å². The van der Waals surface area contributed by atoms with Crippen molar-refractivity contribution < 1.29 is 8.42 Å². The molecule has 1 aromatic heterocycles. The molecule has 7 heteroatoms. The Balaban J connectivity index is 2.11. The lowest BCUT2D eigenvalue weighted by Crippen LogP contribution is -2.40. The highest BCUT2D eigenvalue weighted by molar-refractivity contribution is 7.87. The van der Waals surface area contributed by atoms with Crippen LogP contribution < -0.4 is 4.72 Å². The van der Waals surface area contributed by atoms with Crippen LogP contribution in [-0.2, 0) is 10.2 Å². The largest absolute Gasteiger partial charge is 0.341 e. The van der Waals surface area contributed by atoms with Gasteiger partial charge in [0.15, 0.2) is 0 Å². The average Bonchev–Trinajstić information content (AvgIpc) is 2.88. The number of aromatic nitrogens is 2. The molecule has 1 aromatic carbocycles. The van der Waals surface area contributed by atoms with Crippen molar-refractivity contribution in [3.05, 3.63) is 30.1 Å². The Hall–Kier alpha value is -1.44. The molecule has 0 bridgehead atoms. The van der Waals surface area contributed by atoms with Crippen molar-refractivity contribution in [1.29, 1.82) is 0 Å². The molecule has 0 aliphatic carbocycles. The Kier molecular flexibility index (Phi) is 4.97. The summed E-state index contributed by atoms with van der Waals surface area (Å²) < 4.78 is 28.4. The van der Waals surface area contributed by atoms with Gasteiger partial charge in [-0.15, -0.1) is 0 Å². The molecular weight excluding hydrogens is 288 g/mol. The average molecular weight is 310 g/mol. The van der Waals surface area contributed by atoms with E-state index in [1.165, 1.54) is 4.31 Å². The number of nitrogens with one attached hydrogen (secondary N) is 2. The van der Waals surface area contributed by atoms with Crippen LogP contribution >= 0.6 is 0 Å². The lowest BCUT2D eigenvalue weighted by atomic mass is 10.3. The van der Waals surface area contributed by atoms with Gasteiger partial charge in [-0.3, -0.25) is 0 Å². The number of hydrogen-bond donors (Lipinski definition) is 2.